The normalized spacial score (nSPS) is 20.8. The summed E-state index contributed by atoms with van der Waals surface area (Å²) in [6.45, 7) is 46.9. The molecule has 0 fully saturated rings. The van der Waals surface area contributed by atoms with Crippen molar-refractivity contribution in [2.75, 3.05) is 9.80 Å². The van der Waals surface area contributed by atoms with Crippen molar-refractivity contribution in [1.29, 1.82) is 0 Å². The monoisotopic (exact) mass is 933 g/mol. The number of fused-ring (bicyclic) bond motifs is 9. The van der Waals surface area contributed by atoms with E-state index in [1.54, 1.807) is 22.3 Å². The molecule has 0 radical (unpaired) electrons. The second-order valence-electron chi connectivity index (χ2n) is 28.1. The van der Waals surface area contributed by atoms with E-state index in [-0.39, 0.29) is 44.6 Å². The molecule has 69 heavy (non-hydrogen) atoms. The molecule has 2 nitrogen and oxygen atoms in total. The molecule has 0 unspecified atom stereocenters. The molecule has 5 aromatic carbocycles. The molecule has 6 aromatic rings. The van der Waals surface area contributed by atoms with Crippen LogP contribution in [0.15, 0.2) is 66.7 Å². The summed E-state index contributed by atoms with van der Waals surface area (Å²) in [5, 5.41) is 1.41. The van der Waals surface area contributed by atoms with Gasteiger partial charge in [-0.2, -0.15) is 0 Å². The zero-order chi connectivity index (χ0) is 49.7. The Morgan fingerprint density at radius 2 is 1.03 bits per heavy atom. The minimum Gasteiger partial charge on any atom is -0.311 e. The number of hydrogen-bond acceptors (Lipinski definition) is 3. The first-order chi connectivity index (χ1) is 31.9. The SMILES string of the molecule is Cc1cc2c(c(C)c1N1c3cc4c(cc3B3c5sc6cc7c(cc6c5N(c5ccc(C(C)(C)C)cc5)c5cc(C(C)C)cc1c53)C(C)(C)CCC7(C)C)C(C)(C)CCC4(C)C)C(C)(C)CCC2(C)C. The molecule has 1 aromatic heterocycles. The highest BCUT2D eigenvalue weighted by atomic mass is 32.1. The van der Waals surface area contributed by atoms with E-state index < -0.39 is 0 Å². The highest BCUT2D eigenvalue weighted by molar-refractivity contribution is 7.33. The molecular weight excluding hydrogens is 852 g/mol. The van der Waals surface area contributed by atoms with Crippen molar-refractivity contribution >= 4 is 78.0 Å². The predicted molar refractivity (Wildman–Crippen MR) is 304 cm³/mol. The van der Waals surface area contributed by atoms with Crippen molar-refractivity contribution in [3.63, 3.8) is 0 Å². The molecule has 360 valence electrons. The second-order valence-corrected chi connectivity index (χ2v) is 29.2. The molecule has 5 aliphatic rings. The van der Waals surface area contributed by atoms with Crippen LogP contribution in [0.4, 0.5) is 34.1 Å². The van der Waals surface area contributed by atoms with Crippen molar-refractivity contribution in [2.24, 2.45) is 0 Å². The van der Waals surface area contributed by atoms with Crippen LogP contribution in [0, 0.1) is 13.8 Å². The van der Waals surface area contributed by atoms with E-state index in [2.05, 4.69) is 219 Å². The van der Waals surface area contributed by atoms with Crippen molar-refractivity contribution in [3.8, 4) is 0 Å². The van der Waals surface area contributed by atoms with Crippen LogP contribution in [0.3, 0.4) is 0 Å². The molecule has 0 saturated heterocycles. The average molecular weight is 933 g/mol. The zero-order valence-corrected chi connectivity index (χ0v) is 46.9. The minimum atomic E-state index is 0.0556. The Kier molecular flexibility index (Phi) is 10.0. The number of nitrogens with zero attached hydrogens (tertiary/aromatic N) is 2. The van der Waals surface area contributed by atoms with Gasteiger partial charge in [0.2, 0.25) is 0 Å². The Morgan fingerprint density at radius 3 is 1.58 bits per heavy atom. The van der Waals surface area contributed by atoms with Crippen LogP contribution < -0.4 is 25.5 Å². The average Bonchev–Trinajstić information content (AvgIpc) is 3.63. The summed E-state index contributed by atoms with van der Waals surface area (Å²) in [5.41, 5.74) is 26.5. The zero-order valence-electron chi connectivity index (χ0n) is 46.1. The lowest BCUT2D eigenvalue weighted by atomic mass is 9.35. The lowest BCUT2D eigenvalue weighted by Crippen LogP contribution is -2.61. The van der Waals surface area contributed by atoms with Gasteiger partial charge in [0.15, 0.2) is 0 Å². The van der Waals surface area contributed by atoms with E-state index in [9.17, 15) is 0 Å². The van der Waals surface area contributed by atoms with Gasteiger partial charge in [0.25, 0.3) is 6.71 Å². The molecule has 4 heteroatoms. The highest BCUT2D eigenvalue weighted by Gasteiger charge is 2.50. The van der Waals surface area contributed by atoms with Gasteiger partial charge in [0.1, 0.15) is 0 Å². The third-order valence-corrected chi connectivity index (χ3v) is 20.2. The molecule has 11 rings (SSSR count). The molecule has 0 N–H and O–H groups in total. The Bertz CT molecular complexity index is 3160. The molecule has 0 spiro atoms. The second kappa shape index (κ2) is 14.7. The van der Waals surface area contributed by atoms with Crippen LogP contribution in [0.1, 0.15) is 218 Å². The van der Waals surface area contributed by atoms with Crippen molar-refractivity contribution in [2.45, 2.75) is 214 Å². The smallest absolute Gasteiger partial charge is 0.264 e. The van der Waals surface area contributed by atoms with Gasteiger partial charge in [-0.25, -0.2) is 0 Å². The van der Waals surface area contributed by atoms with Gasteiger partial charge >= 0.3 is 0 Å². The molecule has 0 amide bonds. The molecular formula is C65H81BN2S. The fourth-order valence-corrected chi connectivity index (χ4v) is 15.5. The Hall–Kier alpha value is -4.28. The largest absolute Gasteiger partial charge is 0.311 e. The van der Waals surface area contributed by atoms with Gasteiger partial charge in [-0.1, -0.05) is 142 Å². The van der Waals surface area contributed by atoms with Crippen molar-refractivity contribution < 1.29 is 0 Å². The van der Waals surface area contributed by atoms with Gasteiger partial charge in [-0.05, 0) is 205 Å². The first kappa shape index (κ1) is 47.1. The van der Waals surface area contributed by atoms with Crippen molar-refractivity contribution in [1.82, 2.24) is 0 Å². The highest BCUT2D eigenvalue weighted by Crippen LogP contribution is 2.57. The molecule has 0 saturated carbocycles. The van der Waals surface area contributed by atoms with Gasteiger partial charge < -0.3 is 9.80 Å². The van der Waals surface area contributed by atoms with E-state index >= 15 is 0 Å². The maximum atomic E-state index is 2.82. The third-order valence-electron chi connectivity index (χ3n) is 19.0. The number of hydrogen-bond donors (Lipinski definition) is 0. The number of rotatable bonds is 3. The summed E-state index contributed by atoms with van der Waals surface area (Å²) >= 11 is 2.09. The van der Waals surface area contributed by atoms with Crippen LogP contribution in [-0.4, -0.2) is 6.71 Å². The maximum absolute atomic E-state index is 2.82. The van der Waals surface area contributed by atoms with E-state index in [1.807, 2.05) is 0 Å². The first-order valence-corrected chi connectivity index (χ1v) is 27.6. The van der Waals surface area contributed by atoms with Crippen molar-refractivity contribution in [3.05, 3.63) is 122 Å². The predicted octanol–water partition coefficient (Wildman–Crippen LogP) is 17.1. The van der Waals surface area contributed by atoms with E-state index in [0.717, 1.165) is 0 Å². The molecule has 3 heterocycles. The molecule has 0 atom stereocenters. The number of thiophene rings is 1. The summed E-state index contributed by atoms with van der Waals surface area (Å²) in [4.78, 5) is 5.56. The van der Waals surface area contributed by atoms with E-state index in [4.69, 9.17) is 0 Å². The van der Waals surface area contributed by atoms with E-state index in [0.29, 0.717) is 5.92 Å². The number of anilines is 6. The maximum Gasteiger partial charge on any atom is 0.264 e. The number of aryl methyl sites for hydroxylation is 1. The first-order valence-electron chi connectivity index (χ1n) is 26.8. The van der Waals surface area contributed by atoms with Crippen LogP contribution in [0.2, 0.25) is 0 Å². The summed E-state index contributed by atoms with van der Waals surface area (Å²) in [6.07, 6.45) is 7.20. The quantitative estimate of drug-likeness (QED) is 0.163. The lowest BCUT2D eigenvalue weighted by Gasteiger charge is -2.48. The van der Waals surface area contributed by atoms with Crippen LogP contribution in [-0.2, 0) is 37.9 Å². The lowest BCUT2D eigenvalue weighted by molar-refractivity contribution is 0.330. The third kappa shape index (κ3) is 6.82. The summed E-state index contributed by atoms with van der Waals surface area (Å²) in [6, 6.07) is 28.3. The Morgan fingerprint density at radius 1 is 0.536 bits per heavy atom. The fourth-order valence-electron chi connectivity index (χ4n) is 14.2. The van der Waals surface area contributed by atoms with Crippen LogP contribution >= 0.6 is 11.3 Å². The van der Waals surface area contributed by atoms with Gasteiger partial charge in [-0.3, -0.25) is 0 Å². The van der Waals surface area contributed by atoms with E-state index in [1.165, 1.54) is 132 Å². The summed E-state index contributed by atoms with van der Waals surface area (Å²) in [5.74, 6) is 0.336. The minimum absolute atomic E-state index is 0.0556. The topological polar surface area (TPSA) is 6.48 Å². The standard InChI is InChI=1S/C65H81BN2S/c1-37(2)40-31-51-55-52(32-40)68(56-38(3)30-48-54(39(56)4)65(18,19)29-28-64(48,16)17)50-35-46-45(61(10,11)25-26-62(46,12)13)34-49(50)66(55)58-57(67(51)42-22-20-41(21-23-42)59(5,6)7)43-33-44-47(36-53(43)69-58)63(14,15)27-24-60(44,8)9/h20-23,30-37H,24-29H2,1-19H3. The van der Waals surface area contributed by atoms with Crippen LogP contribution in [0.25, 0.3) is 10.1 Å². The fraction of sp³-hybridized carbons (Fsp3) is 0.508. The van der Waals surface area contributed by atoms with Crippen LogP contribution in [0.5, 0.6) is 0 Å². The summed E-state index contributed by atoms with van der Waals surface area (Å²) < 4.78 is 2.92. The van der Waals surface area contributed by atoms with Gasteiger partial charge in [-0.15, -0.1) is 11.3 Å². The van der Waals surface area contributed by atoms with Gasteiger partial charge in [0.05, 0.1) is 11.4 Å². The van der Waals surface area contributed by atoms with Gasteiger partial charge in [0, 0.05) is 37.6 Å². The summed E-state index contributed by atoms with van der Waals surface area (Å²) in [7, 11) is 0. The number of benzene rings is 5. The molecule has 0 bridgehead atoms. The Balaban J connectivity index is 1.31. The molecule has 2 aliphatic heterocycles. The molecule has 3 aliphatic carbocycles. The Labute approximate surface area is 421 Å².